The number of amides is 1. The highest BCUT2D eigenvalue weighted by Gasteiger charge is 2.24. The minimum atomic E-state index is -1.68. The molecule has 0 radical (unpaired) electrons. The van der Waals surface area contributed by atoms with E-state index in [1.165, 1.54) is 6.21 Å². The van der Waals surface area contributed by atoms with E-state index in [0.29, 0.717) is 34.0 Å². The van der Waals surface area contributed by atoms with Crippen LogP contribution in [0.25, 0.3) is 0 Å². The third-order valence-corrected chi connectivity index (χ3v) is 3.32. The summed E-state index contributed by atoms with van der Waals surface area (Å²) in [6.07, 6.45) is 1.77. The maximum Gasteiger partial charge on any atom is 0.258 e. The van der Waals surface area contributed by atoms with E-state index in [-0.39, 0.29) is 0 Å². The molecule has 1 aromatic carbocycles. The normalized spacial score (nSPS) is 11.8. The predicted octanol–water partition coefficient (Wildman–Crippen LogP) is 4.76. The number of rotatable bonds is 4. The predicted molar refractivity (Wildman–Crippen MR) is 79.8 cm³/mol. The molecule has 0 heterocycles. The van der Waals surface area contributed by atoms with Gasteiger partial charge in [0.15, 0.2) is 0 Å². The molecule has 0 fully saturated rings. The van der Waals surface area contributed by atoms with E-state index in [1.54, 1.807) is 18.2 Å². The maximum atomic E-state index is 10.7. The lowest BCUT2D eigenvalue weighted by molar-refractivity contribution is -0.113. The van der Waals surface area contributed by atoms with Crippen molar-refractivity contribution in [2.45, 2.75) is 3.12 Å². The van der Waals surface area contributed by atoms with Gasteiger partial charge in [-0.1, -0.05) is 64.1 Å². The van der Waals surface area contributed by atoms with Crippen molar-refractivity contribution in [2.75, 3.05) is 0 Å². The Morgan fingerprint density at radius 3 is 2.44 bits per heavy atom. The van der Waals surface area contributed by atoms with Crippen molar-refractivity contribution in [1.82, 2.24) is 4.41 Å². The van der Waals surface area contributed by atoms with Gasteiger partial charge >= 0.3 is 0 Å². The quantitative estimate of drug-likeness (QED) is 0.253. The van der Waals surface area contributed by atoms with Gasteiger partial charge in [0.05, 0.1) is 11.2 Å². The molecule has 9 heteroatoms. The SMILES string of the molecule is O=CN(N=Cc1ccc(Cl)cc1Cl)SC(Cl)(Cl)Cl. The topological polar surface area (TPSA) is 32.7 Å². The summed E-state index contributed by atoms with van der Waals surface area (Å²) < 4.78 is -0.806. The summed E-state index contributed by atoms with van der Waals surface area (Å²) in [6.45, 7) is 0. The van der Waals surface area contributed by atoms with Crippen molar-refractivity contribution >= 4 is 82.6 Å². The summed E-state index contributed by atoms with van der Waals surface area (Å²) in [5, 5.41) is 4.71. The fraction of sp³-hybridized carbons (Fsp3) is 0.111. The van der Waals surface area contributed by atoms with Gasteiger partial charge in [0, 0.05) is 22.5 Å². The third kappa shape index (κ3) is 5.87. The highest BCUT2D eigenvalue weighted by molar-refractivity contribution is 8.02. The lowest BCUT2D eigenvalue weighted by Crippen LogP contribution is -2.12. The Morgan fingerprint density at radius 2 is 1.94 bits per heavy atom. The first kappa shape index (κ1) is 16.2. The third-order valence-electron chi connectivity index (χ3n) is 1.56. The Labute approximate surface area is 133 Å². The summed E-state index contributed by atoms with van der Waals surface area (Å²) in [6, 6.07) is 4.84. The molecule has 0 aliphatic rings. The Morgan fingerprint density at radius 1 is 1.28 bits per heavy atom. The van der Waals surface area contributed by atoms with Crippen LogP contribution in [0.3, 0.4) is 0 Å². The zero-order valence-electron chi connectivity index (χ0n) is 8.49. The lowest BCUT2D eigenvalue weighted by atomic mass is 10.2. The number of hydrogen-bond donors (Lipinski definition) is 0. The smallest absolute Gasteiger partial charge is 0.258 e. The van der Waals surface area contributed by atoms with Crippen LogP contribution in [0.4, 0.5) is 0 Å². The monoisotopic (exact) mass is 364 g/mol. The average Bonchev–Trinajstić information content (AvgIpc) is 2.24. The molecule has 98 valence electrons. The first-order valence-electron chi connectivity index (χ1n) is 4.31. The van der Waals surface area contributed by atoms with Crippen molar-refractivity contribution in [2.24, 2.45) is 5.10 Å². The van der Waals surface area contributed by atoms with Gasteiger partial charge in [0.25, 0.3) is 3.12 Å². The van der Waals surface area contributed by atoms with Crippen molar-refractivity contribution in [3.05, 3.63) is 33.8 Å². The van der Waals surface area contributed by atoms with E-state index in [0.717, 1.165) is 4.41 Å². The van der Waals surface area contributed by atoms with Crippen LogP contribution in [0.15, 0.2) is 23.3 Å². The average molecular weight is 366 g/mol. The first-order chi connectivity index (χ1) is 8.31. The van der Waals surface area contributed by atoms with Gasteiger partial charge in [0.2, 0.25) is 6.41 Å². The molecule has 0 bridgehead atoms. The molecule has 0 saturated carbocycles. The van der Waals surface area contributed by atoms with E-state index in [9.17, 15) is 4.79 Å². The molecule has 18 heavy (non-hydrogen) atoms. The number of benzene rings is 1. The minimum Gasteiger partial charge on any atom is -0.276 e. The zero-order chi connectivity index (χ0) is 13.8. The molecule has 0 aliphatic carbocycles. The molecule has 3 nitrogen and oxygen atoms in total. The molecule has 1 rings (SSSR count). The van der Waals surface area contributed by atoms with Gasteiger partial charge in [-0.2, -0.15) is 9.52 Å². The van der Waals surface area contributed by atoms with Gasteiger partial charge in [-0.15, -0.1) is 0 Å². The van der Waals surface area contributed by atoms with E-state index >= 15 is 0 Å². The van der Waals surface area contributed by atoms with E-state index < -0.39 is 3.12 Å². The van der Waals surface area contributed by atoms with E-state index in [4.69, 9.17) is 58.0 Å². The van der Waals surface area contributed by atoms with Crippen LogP contribution in [0.5, 0.6) is 0 Å². The Hall–Kier alpha value is 0.160. The summed E-state index contributed by atoms with van der Waals surface area (Å²) in [5.41, 5.74) is 0.581. The first-order valence-corrected chi connectivity index (χ1v) is 6.97. The second kappa shape index (κ2) is 7.08. The van der Waals surface area contributed by atoms with E-state index in [2.05, 4.69) is 5.10 Å². The molecule has 0 atom stereocenters. The highest BCUT2D eigenvalue weighted by atomic mass is 35.6. The number of hydrazone groups is 1. The largest absolute Gasteiger partial charge is 0.276 e. The summed E-state index contributed by atoms with van der Waals surface area (Å²) in [7, 11) is 0. The molecule has 0 aromatic heterocycles. The lowest BCUT2D eigenvalue weighted by Gasteiger charge is -2.14. The molecule has 0 unspecified atom stereocenters. The molecular weight excluding hydrogens is 361 g/mol. The van der Waals surface area contributed by atoms with Crippen LogP contribution >= 0.6 is 70.0 Å². The maximum absolute atomic E-state index is 10.7. The second-order valence-corrected chi connectivity index (χ2v) is 7.82. The fourth-order valence-electron chi connectivity index (χ4n) is 0.904. The van der Waals surface area contributed by atoms with E-state index in [1.807, 2.05) is 0 Å². The Bertz CT molecular complexity index is 463. The van der Waals surface area contributed by atoms with Gasteiger partial charge in [-0.05, 0) is 12.1 Å². The van der Waals surface area contributed by atoms with Crippen molar-refractivity contribution in [3.8, 4) is 0 Å². The number of nitrogens with zero attached hydrogens (tertiary/aromatic N) is 2. The van der Waals surface area contributed by atoms with Gasteiger partial charge in [-0.25, -0.2) is 0 Å². The molecule has 1 aromatic rings. The fourth-order valence-corrected chi connectivity index (χ4v) is 2.35. The van der Waals surface area contributed by atoms with Gasteiger partial charge in [-0.3, -0.25) is 4.79 Å². The summed E-state index contributed by atoms with van der Waals surface area (Å²) in [5.74, 6) is 0. The molecular formula is C9H5Cl5N2OS. The minimum absolute atomic E-state index is 0.399. The Kier molecular flexibility index (Phi) is 6.38. The standard InChI is InChI=1S/C9H5Cl5N2OS/c10-7-2-1-6(8(11)3-7)4-15-16(5-17)18-9(12,13)14/h1-5H. The molecule has 0 aliphatic heterocycles. The number of carbonyl (C=O) groups is 1. The molecule has 1 amide bonds. The van der Waals surface area contributed by atoms with Crippen LogP contribution in [0.1, 0.15) is 5.56 Å². The number of alkyl halides is 3. The van der Waals surface area contributed by atoms with Gasteiger partial charge in [0.1, 0.15) is 0 Å². The van der Waals surface area contributed by atoms with Crippen molar-refractivity contribution in [3.63, 3.8) is 0 Å². The summed E-state index contributed by atoms with van der Waals surface area (Å²) in [4.78, 5) is 10.7. The summed E-state index contributed by atoms with van der Waals surface area (Å²) >= 11 is 28.8. The van der Waals surface area contributed by atoms with Crippen LogP contribution in [0.2, 0.25) is 10.0 Å². The van der Waals surface area contributed by atoms with Crippen LogP contribution < -0.4 is 0 Å². The second-order valence-electron chi connectivity index (χ2n) is 2.86. The molecule has 0 N–H and O–H groups in total. The highest BCUT2D eigenvalue weighted by Crippen LogP contribution is 2.40. The van der Waals surface area contributed by atoms with Crippen LogP contribution in [-0.4, -0.2) is 20.2 Å². The van der Waals surface area contributed by atoms with Crippen molar-refractivity contribution < 1.29 is 4.79 Å². The number of hydrogen-bond acceptors (Lipinski definition) is 3. The van der Waals surface area contributed by atoms with Gasteiger partial charge < -0.3 is 0 Å². The van der Waals surface area contributed by atoms with Crippen LogP contribution in [-0.2, 0) is 4.79 Å². The molecule has 0 saturated heterocycles. The van der Waals surface area contributed by atoms with Crippen LogP contribution in [0, 0.1) is 0 Å². The zero-order valence-corrected chi connectivity index (χ0v) is 13.1. The number of halogens is 5. The number of carbonyl (C=O) groups excluding carboxylic acids is 1. The van der Waals surface area contributed by atoms with Crippen molar-refractivity contribution in [1.29, 1.82) is 0 Å². The Balaban J connectivity index is 2.81. The molecule has 0 spiro atoms.